The van der Waals surface area contributed by atoms with Crippen molar-refractivity contribution >= 4 is 34.9 Å². The van der Waals surface area contributed by atoms with Crippen LogP contribution in [0.25, 0.3) is 0 Å². The number of urea groups is 1. The summed E-state index contributed by atoms with van der Waals surface area (Å²) >= 11 is 6.07. The molecule has 142 valence electrons. The van der Waals surface area contributed by atoms with Gasteiger partial charge in [-0.15, -0.1) is 0 Å². The van der Waals surface area contributed by atoms with Crippen LogP contribution in [0.15, 0.2) is 42.5 Å². The Kier molecular flexibility index (Phi) is 5.86. The molecule has 1 saturated heterocycles. The summed E-state index contributed by atoms with van der Waals surface area (Å²) in [4.78, 5) is 26.3. The molecule has 1 fully saturated rings. The molecule has 1 heterocycles. The Balaban J connectivity index is 1.60. The van der Waals surface area contributed by atoms with Gasteiger partial charge in [-0.3, -0.25) is 4.79 Å². The second-order valence-electron chi connectivity index (χ2n) is 6.34. The van der Waals surface area contributed by atoms with Crippen LogP contribution in [-0.2, 0) is 4.79 Å². The van der Waals surface area contributed by atoms with Crippen molar-refractivity contribution in [1.29, 1.82) is 0 Å². The van der Waals surface area contributed by atoms with Gasteiger partial charge in [0.15, 0.2) is 0 Å². The lowest BCUT2D eigenvalue weighted by Gasteiger charge is -2.18. The third kappa shape index (κ3) is 4.52. The van der Waals surface area contributed by atoms with Crippen LogP contribution in [0.2, 0.25) is 5.02 Å². The van der Waals surface area contributed by atoms with E-state index in [9.17, 15) is 9.59 Å². The lowest BCUT2D eigenvalue weighted by molar-refractivity contribution is -0.117. The SMILES string of the molecule is CCOc1ccc(N2CC(NC(=O)Nc3cccc(Cl)c3C)CC2=O)cc1. The second kappa shape index (κ2) is 8.31. The van der Waals surface area contributed by atoms with Crippen molar-refractivity contribution in [1.82, 2.24) is 5.32 Å². The van der Waals surface area contributed by atoms with Gasteiger partial charge in [0.2, 0.25) is 5.91 Å². The minimum absolute atomic E-state index is 0.0246. The molecule has 3 rings (SSSR count). The van der Waals surface area contributed by atoms with Gasteiger partial charge in [-0.05, 0) is 55.8 Å². The zero-order valence-corrected chi connectivity index (χ0v) is 16.0. The van der Waals surface area contributed by atoms with E-state index >= 15 is 0 Å². The van der Waals surface area contributed by atoms with Crippen LogP contribution in [0.4, 0.5) is 16.2 Å². The maximum absolute atomic E-state index is 12.3. The number of nitrogens with zero attached hydrogens (tertiary/aromatic N) is 1. The molecule has 1 atom stereocenters. The third-order valence-corrected chi connectivity index (χ3v) is 4.85. The molecule has 2 aromatic carbocycles. The molecule has 1 unspecified atom stereocenters. The Hall–Kier alpha value is -2.73. The molecule has 7 heteroatoms. The molecular formula is C20H22ClN3O3. The summed E-state index contributed by atoms with van der Waals surface area (Å²) in [5, 5.41) is 6.23. The highest BCUT2D eigenvalue weighted by Gasteiger charge is 2.31. The number of ether oxygens (including phenoxy) is 1. The zero-order chi connectivity index (χ0) is 19.4. The Morgan fingerprint density at radius 3 is 2.70 bits per heavy atom. The van der Waals surface area contributed by atoms with Crippen LogP contribution < -0.4 is 20.3 Å². The minimum atomic E-state index is -0.355. The van der Waals surface area contributed by atoms with Crippen molar-refractivity contribution < 1.29 is 14.3 Å². The predicted octanol–water partition coefficient (Wildman–Crippen LogP) is 3.97. The van der Waals surface area contributed by atoms with E-state index in [-0.39, 0.29) is 24.4 Å². The van der Waals surface area contributed by atoms with Crippen LogP contribution in [0, 0.1) is 6.92 Å². The van der Waals surface area contributed by atoms with E-state index in [1.807, 2.05) is 38.1 Å². The topological polar surface area (TPSA) is 70.7 Å². The fourth-order valence-corrected chi connectivity index (χ4v) is 3.20. The molecule has 1 aliphatic heterocycles. The van der Waals surface area contributed by atoms with Gasteiger partial charge in [-0.25, -0.2) is 4.79 Å². The van der Waals surface area contributed by atoms with Gasteiger partial charge in [0.25, 0.3) is 0 Å². The number of benzene rings is 2. The summed E-state index contributed by atoms with van der Waals surface area (Å²) in [7, 11) is 0. The first-order valence-electron chi connectivity index (χ1n) is 8.83. The zero-order valence-electron chi connectivity index (χ0n) is 15.3. The number of hydrogen-bond acceptors (Lipinski definition) is 3. The summed E-state index contributed by atoms with van der Waals surface area (Å²) in [5.41, 5.74) is 2.24. The van der Waals surface area contributed by atoms with E-state index in [2.05, 4.69) is 10.6 Å². The average molecular weight is 388 g/mol. The van der Waals surface area contributed by atoms with Gasteiger partial charge in [0.05, 0.1) is 12.6 Å². The first kappa shape index (κ1) is 19.0. The highest BCUT2D eigenvalue weighted by Crippen LogP contribution is 2.25. The lowest BCUT2D eigenvalue weighted by Crippen LogP contribution is -2.39. The van der Waals surface area contributed by atoms with Gasteiger partial charge >= 0.3 is 6.03 Å². The van der Waals surface area contributed by atoms with Crippen molar-refractivity contribution in [3.8, 4) is 5.75 Å². The number of amides is 3. The summed E-state index contributed by atoms with van der Waals surface area (Å²) in [6.07, 6.45) is 0.259. The average Bonchev–Trinajstić information content (AvgIpc) is 3.00. The molecular weight excluding hydrogens is 366 g/mol. The van der Waals surface area contributed by atoms with Gasteiger partial charge in [0, 0.05) is 29.4 Å². The van der Waals surface area contributed by atoms with Crippen molar-refractivity contribution in [3.05, 3.63) is 53.1 Å². The Morgan fingerprint density at radius 1 is 1.26 bits per heavy atom. The van der Waals surface area contributed by atoms with Gasteiger partial charge in [0.1, 0.15) is 5.75 Å². The third-order valence-electron chi connectivity index (χ3n) is 4.44. The number of carbonyl (C=O) groups excluding carboxylic acids is 2. The Labute approximate surface area is 163 Å². The van der Waals surface area contributed by atoms with E-state index in [1.54, 1.807) is 23.1 Å². The largest absolute Gasteiger partial charge is 0.494 e. The van der Waals surface area contributed by atoms with Crippen molar-refractivity contribution in [3.63, 3.8) is 0 Å². The van der Waals surface area contributed by atoms with E-state index in [0.717, 1.165) is 17.0 Å². The molecule has 0 spiro atoms. The highest BCUT2D eigenvalue weighted by molar-refractivity contribution is 6.31. The summed E-state index contributed by atoms with van der Waals surface area (Å²) in [5.74, 6) is 0.738. The van der Waals surface area contributed by atoms with E-state index in [0.29, 0.717) is 23.9 Å². The fourth-order valence-electron chi connectivity index (χ4n) is 3.03. The van der Waals surface area contributed by atoms with Crippen molar-refractivity contribution in [2.24, 2.45) is 0 Å². The van der Waals surface area contributed by atoms with Gasteiger partial charge in [-0.1, -0.05) is 17.7 Å². The summed E-state index contributed by atoms with van der Waals surface area (Å²) in [6.45, 7) is 4.78. The molecule has 2 N–H and O–H groups in total. The minimum Gasteiger partial charge on any atom is -0.494 e. The highest BCUT2D eigenvalue weighted by atomic mass is 35.5. The molecule has 0 radical (unpaired) electrons. The van der Waals surface area contributed by atoms with Crippen LogP contribution in [0.1, 0.15) is 18.9 Å². The van der Waals surface area contributed by atoms with Crippen LogP contribution in [-0.4, -0.2) is 31.1 Å². The van der Waals surface area contributed by atoms with Gasteiger partial charge < -0.3 is 20.3 Å². The molecule has 1 aliphatic rings. The number of rotatable bonds is 5. The molecule has 3 amide bonds. The number of nitrogens with one attached hydrogen (secondary N) is 2. The van der Waals surface area contributed by atoms with Crippen LogP contribution in [0.5, 0.6) is 5.75 Å². The van der Waals surface area contributed by atoms with Crippen molar-refractivity contribution in [2.75, 3.05) is 23.4 Å². The lowest BCUT2D eigenvalue weighted by atomic mass is 10.2. The molecule has 0 bridgehead atoms. The maximum Gasteiger partial charge on any atom is 0.319 e. The van der Waals surface area contributed by atoms with Crippen molar-refractivity contribution in [2.45, 2.75) is 26.3 Å². The normalized spacial score (nSPS) is 16.3. The summed E-state index contributed by atoms with van der Waals surface area (Å²) < 4.78 is 5.42. The quantitative estimate of drug-likeness (QED) is 0.815. The number of carbonyl (C=O) groups is 2. The first-order chi connectivity index (χ1) is 13.0. The van der Waals surface area contributed by atoms with E-state index in [4.69, 9.17) is 16.3 Å². The Morgan fingerprint density at radius 2 is 2.00 bits per heavy atom. The monoisotopic (exact) mass is 387 g/mol. The molecule has 6 nitrogen and oxygen atoms in total. The van der Waals surface area contributed by atoms with Crippen LogP contribution >= 0.6 is 11.6 Å². The van der Waals surface area contributed by atoms with Gasteiger partial charge in [-0.2, -0.15) is 0 Å². The first-order valence-corrected chi connectivity index (χ1v) is 9.21. The summed E-state index contributed by atoms with van der Waals surface area (Å²) in [6, 6.07) is 12.1. The maximum atomic E-state index is 12.3. The number of halogens is 1. The standard InChI is InChI=1S/C20H22ClN3O3/c1-3-27-16-9-7-15(8-10-16)24-12-14(11-19(24)25)22-20(26)23-18-6-4-5-17(21)13(18)2/h4-10,14H,3,11-12H2,1-2H3,(H2,22,23,26). The molecule has 0 aliphatic carbocycles. The van der Waals surface area contributed by atoms with E-state index < -0.39 is 0 Å². The predicted molar refractivity (Wildman–Crippen MR) is 107 cm³/mol. The second-order valence-corrected chi connectivity index (χ2v) is 6.75. The smallest absolute Gasteiger partial charge is 0.319 e. The molecule has 0 saturated carbocycles. The van der Waals surface area contributed by atoms with E-state index in [1.165, 1.54) is 0 Å². The number of anilines is 2. The Bertz CT molecular complexity index is 839. The molecule has 0 aromatic heterocycles. The molecule has 2 aromatic rings. The number of hydrogen-bond donors (Lipinski definition) is 2. The molecule has 27 heavy (non-hydrogen) atoms. The fraction of sp³-hybridized carbons (Fsp3) is 0.300. The van der Waals surface area contributed by atoms with Crippen LogP contribution in [0.3, 0.4) is 0 Å².